The monoisotopic (exact) mass is 452 g/mol. The van der Waals surface area contributed by atoms with Gasteiger partial charge in [-0.2, -0.15) is 0 Å². The number of aliphatic imine (C=N–C) groups is 1. The lowest BCUT2D eigenvalue weighted by molar-refractivity contribution is -0.113. The van der Waals surface area contributed by atoms with Crippen molar-refractivity contribution in [3.05, 3.63) is 86.1 Å². The largest absolute Gasteiger partial charge is 0.494 e. The number of rotatable bonds is 5. The first-order valence-electron chi connectivity index (χ1n) is 9.82. The van der Waals surface area contributed by atoms with Crippen molar-refractivity contribution >= 4 is 34.1 Å². The van der Waals surface area contributed by atoms with Gasteiger partial charge in [-0.1, -0.05) is 42.1 Å². The minimum atomic E-state index is -0.692. The van der Waals surface area contributed by atoms with Crippen LogP contribution in [-0.4, -0.2) is 30.9 Å². The Labute approximate surface area is 189 Å². The number of hydrogen-bond acceptors (Lipinski definition) is 6. The van der Waals surface area contributed by atoms with E-state index in [2.05, 4.69) is 10.3 Å². The van der Waals surface area contributed by atoms with E-state index in [-0.39, 0.29) is 22.3 Å². The van der Waals surface area contributed by atoms with Gasteiger partial charge >= 0.3 is 5.69 Å². The summed E-state index contributed by atoms with van der Waals surface area (Å²) in [6.45, 7) is 3.84. The Morgan fingerprint density at radius 1 is 1.06 bits per heavy atom. The minimum absolute atomic E-state index is 0.0511. The van der Waals surface area contributed by atoms with Crippen molar-refractivity contribution < 1.29 is 9.90 Å². The summed E-state index contributed by atoms with van der Waals surface area (Å²) in [7, 11) is 2.68. The van der Waals surface area contributed by atoms with E-state index >= 15 is 0 Å². The zero-order valence-corrected chi connectivity index (χ0v) is 19.1. The SMILES string of the molecule is Cc1ccc(C)c(NC(=O)CSC(=Nc2ccccc2)c2c(O)n(C)c(=O)n(C)c2=O)c1. The summed E-state index contributed by atoms with van der Waals surface area (Å²) in [6.07, 6.45) is 0. The van der Waals surface area contributed by atoms with E-state index in [1.807, 2.05) is 38.1 Å². The van der Waals surface area contributed by atoms with Crippen molar-refractivity contribution in [1.29, 1.82) is 0 Å². The van der Waals surface area contributed by atoms with Crippen LogP contribution in [0.3, 0.4) is 0 Å². The fourth-order valence-corrected chi connectivity index (χ4v) is 3.82. The van der Waals surface area contributed by atoms with E-state index in [1.54, 1.807) is 24.3 Å². The van der Waals surface area contributed by atoms with Crippen molar-refractivity contribution in [1.82, 2.24) is 9.13 Å². The molecular formula is C23H24N4O4S. The average molecular weight is 453 g/mol. The van der Waals surface area contributed by atoms with E-state index in [0.717, 1.165) is 32.0 Å². The number of amides is 1. The lowest BCUT2D eigenvalue weighted by atomic mass is 10.1. The number of hydrogen-bond donors (Lipinski definition) is 2. The molecule has 0 bridgehead atoms. The van der Waals surface area contributed by atoms with Gasteiger partial charge in [0.1, 0.15) is 10.6 Å². The second kappa shape index (κ2) is 9.69. The summed E-state index contributed by atoms with van der Waals surface area (Å²) in [5.41, 5.74) is 1.71. The first kappa shape index (κ1) is 23.1. The Hall–Kier alpha value is -3.59. The number of nitrogens with zero attached hydrogens (tertiary/aromatic N) is 3. The van der Waals surface area contributed by atoms with Gasteiger partial charge in [-0.3, -0.25) is 18.7 Å². The van der Waals surface area contributed by atoms with Crippen LogP contribution < -0.4 is 16.6 Å². The quantitative estimate of drug-likeness (QED) is 0.457. The highest BCUT2D eigenvalue weighted by atomic mass is 32.2. The molecule has 0 fully saturated rings. The first-order chi connectivity index (χ1) is 15.2. The molecule has 3 rings (SSSR count). The standard InChI is InChI=1S/C23H24N4O4S/c1-14-10-11-15(2)17(12-14)25-18(28)13-32-20(24-16-8-6-5-7-9-16)19-21(29)26(3)23(31)27(4)22(19)30/h5-12,29H,13H2,1-4H3,(H,25,28). The molecule has 0 aliphatic heterocycles. The van der Waals surface area contributed by atoms with Crippen LogP contribution in [0.2, 0.25) is 0 Å². The summed E-state index contributed by atoms with van der Waals surface area (Å²) in [6, 6.07) is 14.6. The molecule has 166 valence electrons. The molecule has 0 aliphatic rings. The second-order valence-electron chi connectivity index (χ2n) is 7.31. The number of carbonyl (C=O) groups is 1. The fourth-order valence-electron chi connectivity index (χ4n) is 2.99. The van der Waals surface area contributed by atoms with Gasteiger partial charge in [-0.25, -0.2) is 9.79 Å². The Balaban J connectivity index is 1.97. The van der Waals surface area contributed by atoms with Crippen LogP contribution in [0.25, 0.3) is 0 Å². The molecule has 1 amide bonds. The predicted octanol–water partition coefficient (Wildman–Crippen LogP) is 2.86. The predicted molar refractivity (Wildman–Crippen MR) is 128 cm³/mol. The zero-order chi connectivity index (χ0) is 23.4. The summed E-state index contributed by atoms with van der Waals surface area (Å²) in [5, 5.41) is 13.6. The number of carbonyl (C=O) groups excluding carboxylic acids is 1. The second-order valence-corrected chi connectivity index (χ2v) is 8.28. The normalized spacial score (nSPS) is 11.4. The van der Waals surface area contributed by atoms with Gasteiger partial charge < -0.3 is 10.4 Å². The van der Waals surface area contributed by atoms with E-state index in [0.29, 0.717) is 11.4 Å². The molecule has 0 spiro atoms. The highest BCUT2D eigenvalue weighted by Gasteiger charge is 2.22. The third kappa shape index (κ3) is 5.00. The van der Waals surface area contributed by atoms with Gasteiger partial charge in [0.15, 0.2) is 0 Å². The van der Waals surface area contributed by atoms with Crippen LogP contribution in [0.5, 0.6) is 5.88 Å². The maximum Gasteiger partial charge on any atom is 0.333 e. The van der Waals surface area contributed by atoms with E-state index < -0.39 is 17.1 Å². The van der Waals surface area contributed by atoms with Crippen LogP contribution in [0, 0.1) is 13.8 Å². The van der Waals surface area contributed by atoms with Crippen molar-refractivity contribution in [2.45, 2.75) is 13.8 Å². The lowest BCUT2D eigenvalue weighted by Gasteiger charge is -2.13. The Morgan fingerprint density at radius 3 is 2.44 bits per heavy atom. The molecule has 0 aliphatic carbocycles. The van der Waals surface area contributed by atoms with Crippen molar-refractivity contribution in [2.24, 2.45) is 19.1 Å². The minimum Gasteiger partial charge on any atom is -0.494 e. The maximum atomic E-state index is 12.8. The topological polar surface area (TPSA) is 106 Å². The van der Waals surface area contributed by atoms with Crippen LogP contribution >= 0.6 is 11.8 Å². The highest BCUT2D eigenvalue weighted by molar-refractivity contribution is 8.15. The van der Waals surface area contributed by atoms with E-state index in [4.69, 9.17) is 0 Å². The molecule has 1 heterocycles. The Morgan fingerprint density at radius 2 is 1.75 bits per heavy atom. The number of para-hydroxylation sites is 1. The highest BCUT2D eigenvalue weighted by Crippen LogP contribution is 2.23. The van der Waals surface area contributed by atoms with Gasteiger partial charge in [0, 0.05) is 19.8 Å². The summed E-state index contributed by atoms with van der Waals surface area (Å²) in [5.74, 6) is -0.842. The molecule has 0 saturated carbocycles. The molecule has 2 aromatic carbocycles. The average Bonchev–Trinajstić information content (AvgIpc) is 2.78. The number of nitrogens with one attached hydrogen (secondary N) is 1. The summed E-state index contributed by atoms with van der Waals surface area (Å²) < 4.78 is 1.86. The summed E-state index contributed by atoms with van der Waals surface area (Å²) in [4.78, 5) is 42.1. The van der Waals surface area contributed by atoms with Gasteiger partial charge in [0.25, 0.3) is 5.56 Å². The number of benzene rings is 2. The number of aryl methyl sites for hydroxylation is 2. The molecule has 8 nitrogen and oxygen atoms in total. The van der Waals surface area contributed by atoms with Gasteiger partial charge in [-0.05, 0) is 43.2 Å². The Bertz CT molecular complexity index is 1310. The van der Waals surface area contributed by atoms with E-state index in [1.165, 1.54) is 14.1 Å². The number of aromatic hydroxyl groups is 1. The smallest absolute Gasteiger partial charge is 0.333 e. The molecule has 32 heavy (non-hydrogen) atoms. The van der Waals surface area contributed by atoms with Crippen molar-refractivity contribution in [2.75, 3.05) is 11.1 Å². The molecule has 0 unspecified atom stereocenters. The zero-order valence-electron chi connectivity index (χ0n) is 18.2. The number of anilines is 1. The van der Waals surface area contributed by atoms with E-state index in [9.17, 15) is 19.5 Å². The lowest BCUT2D eigenvalue weighted by Crippen LogP contribution is -2.39. The number of thioether (sulfide) groups is 1. The molecule has 1 aromatic heterocycles. The van der Waals surface area contributed by atoms with Crippen molar-refractivity contribution in [3.63, 3.8) is 0 Å². The first-order valence-corrected chi connectivity index (χ1v) is 10.8. The third-order valence-electron chi connectivity index (χ3n) is 4.84. The van der Waals surface area contributed by atoms with Crippen LogP contribution in [0.1, 0.15) is 16.7 Å². The summed E-state index contributed by atoms with van der Waals surface area (Å²) >= 11 is 1.01. The van der Waals surface area contributed by atoms with Gasteiger partial charge in [-0.15, -0.1) is 0 Å². The number of aromatic nitrogens is 2. The molecule has 0 radical (unpaired) electrons. The van der Waals surface area contributed by atoms with Gasteiger partial charge in [0.05, 0.1) is 11.4 Å². The molecule has 9 heteroatoms. The molecule has 2 N–H and O–H groups in total. The molecule has 3 aromatic rings. The van der Waals surface area contributed by atoms with Crippen LogP contribution in [-0.2, 0) is 18.9 Å². The third-order valence-corrected chi connectivity index (χ3v) is 5.82. The van der Waals surface area contributed by atoms with Crippen LogP contribution in [0.4, 0.5) is 11.4 Å². The Kier molecular flexibility index (Phi) is 6.99. The van der Waals surface area contributed by atoms with Crippen molar-refractivity contribution in [3.8, 4) is 5.88 Å². The molecule has 0 saturated heterocycles. The van der Waals surface area contributed by atoms with Gasteiger partial charge in [0.2, 0.25) is 11.8 Å². The fraction of sp³-hybridized carbons (Fsp3) is 0.217. The molecule has 0 atom stereocenters. The maximum absolute atomic E-state index is 12.8. The molecular weight excluding hydrogens is 428 g/mol. The van der Waals surface area contributed by atoms with Crippen LogP contribution in [0.15, 0.2) is 63.1 Å².